The quantitative estimate of drug-likeness (QED) is 0.0890. The predicted octanol–water partition coefficient (Wildman–Crippen LogP) is -5.79. The molecule has 0 saturated carbocycles. The van der Waals surface area contributed by atoms with Gasteiger partial charge in [-0.25, -0.2) is 0 Å². The molecule has 39 heavy (non-hydrogen) atoms. The highest BCUT2D eigenvalue weighted by Crippen LogP contribution is 2.18. The molecule has 2 aromatic rings. The van der Waals surface area contributed by atoms with E-state index in [4.69, 9.17) is 46.0 Å². The number of anilines is 6. The Morgan fingerprint density at radius 1 is 0.462 bits per heavy atom. The Morgan fingerprint density at radius 3 is 0.821 bits per heavy atom. The summed E-state index contributed by atoms with van der Waals surface area (Å²) < 4.78 is 4.25. The van der Waals surface area contributed by atoms with Crippen LogP contribution in [0.15, 0.2) is 0 Å². The summed E-state index contributed by atoms with van der Waals surface area (Å²) in [7, 11) is 3.25. The maximum atomic E-state index is 9.11. The van der Waals surface area contributed by atoms with Crippen molar-refractivity contribution >= 4 is 35.7 Å². The molecule has 0 saturated heterocycles. The summed E-state index contributed by atoms with van der Waals surface area (Å²) in [5, 5.41) is 87.8. The molecule has 12 N–H and O–H groups in total. The van der Waals surface area contributed by atoms with Crippen LogP contribution >= 0.6 is 0 Å². The van der Waals surface area contributed by atoms with Gasteiger partial charge in [-0.1, -0.05) is 0 Å². The Hall–Kier alpha value is -3.58. The van der Waals surface area contributed by atoms with E-state index in [1.54, 1.807) is 14.2 Å². The van der Waals surface area contributed by atoms with Gasteiger partial charge in [-0.05, 0) is 0 Å². The van der Waals surface area contributed by atoms with Crippen LogP contribution in [0, 0.1) is 0 Å². The fraction of sp³-hybridized carbons (Fsp3) is 0.647. The van der Waals surface area contributed by atoms with E-state index in [-0.39, 0.29) is 55.9 Å². The van der Waals surface area contributed by atoms with E-state index in [2.05, 4.69) is 50.6 Å². The number of aromatic nitrogens is 6. The molecule has 0 bridgehead atoms. The lowest BCUT2D eigenvalue weighted by atomic mass is 10.6. The lowest BCUT2D eigenvalue weighted by Crippen LogP contribution is -2.34. The molecular weight excluding hydrogens is 532 g/mol. The zero-order chi connectivity index (χ0) is 29.6. The molecule has 0 aliphatic rings. The summed E-state index contributed by atoms with van der Waals surface area (Å²) in [6, 6.07) is 0. The highest BCUT2D eigenvalue weighted by molar-refractivity contribution is 5.45. The standard InChI is InChI=1S/C9H18N6O6.C6H12N6O3.C2H6O/c16-1-13(2-17)7-10-8(14(3-18)4-19)12-9(11-7)15(5-20)6-21;13-1-7-4-10-5(8-2-14)12-6(11-4)9-3-15;1-3-2/h16-21H,1-6H2;13-15H,1-3H2,(H3,7,8,9,10,11,12);1-2H3. The number of nitrogens with zero attached hydrogens (tertiary/aromatic N) is 9. The van der Waals surface area contributed by atoms with E-state index in [1.165, 1.54) is 0 Å². The summed E-state index contributed by atoms with van der Waals surface area (Å²) in [6.07, 6.45) is 0. The Bertz CT molecular complexity index is 759. The molecule has 2 heterocycles. The van der Waals surface area contributed by atoms with Gasteiger partial charge in [-0.2, -0.15) is 29.9 Å². The van der Waals surface area contributed by atoms with Crippen molar-refractivity contribution in [1.82, 2.24) is 29.9 Å². The van der Waals surface area contributed by atoms with Gasteiger partial charge in [0.05, 0.1) is 0 Å². The van der Waals surface area contributed by atoms with Crippen LogP contribution in [0.5, 0.6) is 0 Å². The third-order valence-corrected chi connectivity index (χ3v) is 3.82. The highest BCUT2D eigenvalue weighted by Gasteiger charge is 2.18. The highest BCUT2D eigenvalue weighted by atomic mass is 16.4. The minimum Gasteiger partial charge on any atom is -0.388 e. The molecule has 2 rings (SSSR count). The molecule has 0 unspecified atom stereocenters. The Morgan fingerprint density at radius 2 is 0.667 bits per heavy atom. The van der Waals surface area contributed by atoms with Gasteiger partial charge in [-0.3, -0.25) is 14.7 Å². The van der Waals surface area contributed by atoms with E-state index in [0.717, 1.165) is 14.7 Å². The number of hydrogen-bond donors (Lipinski definition) is 12. The van der Waals surface area contributed by atoms with Gasteiger partial charge in [0.25, 0.3) is 0 Å². The summed E-state index contributed by atoms with van der Waals surface area (Å²) in [5.41, 5.74) is 0. The number of rotatable bonds is 15. The molecule has 22 nitrogen and oxygen atoms in total. The van der Waals surface area contributed by atoms with Gasteiger partial charge in [0.1, 0.15) is 60.6 Å². The molecule has 0 atom stereocenters. The third kappa shape index (κ3) is 12.7. The van der Waals surface area contributed by atoms with Gasteiger partial charge in [0.2, 0.25) is 35.7 Å². The van der Waals surface area contributed by atoms with E-state index >= 15 is 0 Å². The van der Waals surface area contributed by atoms with Crippen molar-refractivity contribution in [3.05, 3.63) is 0 Å². The number of hydrogen-bond acceptors (Lipinski definition) is 22. The third-order valence-electron chi connectivity index (χ3n) is 3.82. The van der Waals surface area contributed by atoms with Crippen molar-refractivity contribution in [1.29, 1.82) is 0 Å². The smallest absolute Gasteiger partial charge is 0.235 e. The lowest BCUT2D eigenvalue weighted by molar-refractivity contribution is 0.214. The Labute approximate surface area is 222 Å². The fourth-order valence-electron chi connectivity index (χ4n) is 2.11. The average Bonchev–Trinajstić information content (AvgIpc) is 2.92. The summed E-state index contributed by atoms with van der Waals surface area (Å²) in [6.45, 7) is -4.60. The van der Waals surface area contributed by atoms with Gasteiger partial charge < -0.3 is 66.6 Å². The Balaban J connectivity index is 0.000000702. The van der Waals surface area contributed by atoms with Crippen LogP contribution in [0.3, 0.4) is 0 Å². The van der Waals surface area contributed by atoms with Crippen LogP contribution in [0.2, 0.25) is 0 Å². The zero-order valence-electron chi connectivity index (χ0n) is 21.3. The lowest BCUT2D eigenvalue weighted by Gasteiger charge is -2.24. The zero-order valence-corrected chi connectivity index (χ0v) is 21.3. The maximum absolute atomic E-state index is 9.11. The normalized spacial score (nSPS) is 9.92. The molecule has 0 amide bonds. The SMILES string of the molecule is COC.OCN(CO)c1nc(N(CO)CO)nc(N(CO)CO)n1.OCNc1nc(NCO)nc(NCO)n1. The summed E-state index contributed by atoms with van der Waals surface area (Å²) in [5.74, 6) is -0.130. The monoisotopic (exact) mass is 568 g/mol. The van der Waals surface area contributed by atoms with Crippen molar-refractivity contribution in [2.24, 2.45) is 0 Å². The molecule has 0 aliphatic heterocycles. The molecule has 0 fully saturated rings. The predicted molar refractivity (Wildman–Crippen MR) is 135 cm³/mol. The molecule has 0 aromatic carbocycles. The van der Waals surface area contributed by atoms with Gasteiger partial charge >= 0.3 is 0 Å². The Kier molecular flexibility index (Phi) is 19.4. The van der Waals surface area contributed by atoms with E-state index in [1.807, 2.05) is 0 Å². The minimum atomic E-state index is -0.601. The first-order valence-corrected chi connectivity index (χ1v) is 10.7. The molecule has 0 aliphatic carbocycles. The van der Waals surface area contributed by atoms with E-state index < -0.39 is 40.4 Å². The first-order valence-electron chi connectivity index (χ1n) is 10.7. The first-order chi connectivity index (χ1) is 18.9. The second-order valence-corrected chi connectivity index (χ2v) is 6.42. The van der Waals surface area contributed by atoms with Gasteiger partial charge in [0, 0.05) is 14.2 Å². The molecule has 0 radical (unpaired) electrons. The molecule has 0 spiro atoms. The van der Waals surface area contributed by atoms with Gasteiger partial charge in [-0.15, -0.1) is 0 Å². The van der Waals surface area contributed by atoms with E-state index in [0.29, 0.717) is 0 Å². The number of ether oxygens (including phenoxy) is 1. The average molecular weight is 569 g/mol. The largest absolute Gasteiger partial charge is 0.388 e. The van der Waals surface area contributed by atoms with Crippen molar-refractivity contribution in [2.45, 2.75) is 0 Å². The summed E-state index contributed by atoms with van der Waals surface area (Å²) >= 11 is 0. The van der Waals surface area contributed by atoms with Crippen molar-refractivity contribution in [2.75, 3.05) is 105 Å². The number of aliphatic hydroxyl groups excluding tert-OH is 9. The fourth-order valence-corrected chi connectivity index (χ4v) is 2.11. The molecule has 224 valence electrons. The van der Waals surface area contributed by atoms with Crippen LogP contribution < -0.4 is 30.7 Å². The second-order valence-electron chi connectivity index (χ2n) is 6.42. The van der Waals surface area contributed by atoms with Crippen LogP contribution in [0.1, 0.15) is 0 Å². The second kappa shape index (κ2) is 21.4. The van der Waals surface area contributed by atoms with Crippen molar-refractivity contribution in [3.63, 3.8) is 0 Å². The van der Waals surface area contributed by atoms with E-state index in [9.17, 15) is 0 Å². The van der Waals surface area contributed by atoms with Crippen molar-refractivity contribution < 1.29 is 50.7 Å². The minimum absolute atomic E-state index is 0.124. The van der Waals surface area contributed by atoms with Crippen LogP contribution in [0.4, 0.5) is 35.7 Å². The summed E-state index contributed by atoms with van der Waals surface area (Å²) in [4.78, 5) is 25.9. The topological polar surface area (TPSA) is 314 Å². The number of aliphatic hydroxyl groups is 9. The van der Waals surface area contributed by atoms with Crippen LogP contribution in [-0.4, -0.2) is 151 Å². The van der Waals surface area contributed by atoms with Crippen molar-refractivity contribution in [3.8, 4) is 0 Å². The number of methoxy groups -OCH3 is 1. The molecule has 22 heteroatoms. The molecular formula is C17H36N12O10. The van der Waals surface area contributed by atoms with Gasteiger partial charge in [0.15, 0.2) is 0 Å². The number of nitrogens with one attached hydrogen (secondary N) is 3. The van der Waals surface area contributed by atoms with Crippen LogP contribution in [-0.2, 0) is 4.74 Å². The maximum Gasteiger partial charge on any atom is 0.235 e. The van der Waals surface area contributed by atoms with Crippen LogP contribution in [0.25, 0.3) is 0 Å². The molecule has 2 aromatic heterocycles. The first kappa shape index (κ1) is 35.4.